The molecule has 1 N–H and O–H groups in total. The van der Waals surface area contributed by atoms with Gasteiger partial charge in [0, 0.05) is 17.6 Å². The summed E-state index contributed by atoms with van der Waals surface area (Å²) in [5, 5.41) is 0.228. The number of rotatable bonds is 5. The molecule has 0 aliphatic heterocycles. The minimum Gasteiger partial charge on any atom is -0.497 e. The van der Waals surface area contributed by atoms with Gasteiger partial charge in [0.25, 0.3) is 0 Å². The summed E-state index contributed by atoms with van der Waals surface area (Å²) in [6, 6.07) is 6.17. The summed E-state index contributed by atoms with van der Waals surface area (Å²) in [5.41, 5.74) is 0. The topological polar surface area (TPSA) is 55.4 Å². The highest BCUT2D eigenvalue weighted by molar-refractivity contribution is 7.89. The molecule has 1 aromatic carbocycles. The van der Waals surface area contributed by atoms with E-state index >= 15 is 0 Å². The average molecular weight is 262 g/mol. The molecule has 6 heteroatoms. The van der Waals surface area contributed by atoms with E-state index in [1.54, 1.807) is 12.1 Å². The van der Waals surface area contributed by atoms with Crippen molar-refractivity contribution in [1.82, 2.24) is 4.72 Å². The number of halogens is 1. The molecular weight excluding hydrogens is 250 g/mol. The molecular formula is C10H12ClNO3S. The van der Waals surface area contributed by atoms with Crippen LogP contribution in [-0.2, 0) is 10.0 Å². The first-order valence-electron chi connectivity index (χ1n) is 4.42. The second-order valence-corrected chi connectivity index (χ2v) is 5.32. The summed E-state index contributed by atoms with van der Waals surface area (Å²) in [7, 11) is -2.09. The minimum atomic E-state index is -3.56. The highest BCUT2D eigenvalue weighted by atomic mass is 35.5. The summed E-state index contributed by atoms with van der Waals surface area (Å²) >= 11 is 5.48. The van der Waals surface area contributed by atoms with Crippen molar-refractivity contribution in [3.05, 3.63) is 35.9 Å². The second-order valence-electron chi connectivity index (χ2n) is 3.02. The molecule has 0 fully saturated rings. The van der Waals surface area contributed by atoms with Gasteiger partial charge < -0.3 is 4.74 Å². The third-order valence-corrected chi connectivity index (χ3v) is 3.34. The predicted octanol–water partition coefficient (Wildman–Crippen LogP) is 1.73. The third-order valence-electron chi connectivity index (χ3n) is 1.81. The Morgan fingerprint density at radius 3 is 2.81 bits per heavy atom. The zero-order chi connectivity index (χ0) is 12.2. The van der Waals surface area contributed by atoms with Crippen LogP contribution in [0.2, 0.25) is 0 Å². The number of ether oxygens (including phenoxy) is 1. The van der Waals surface area contributed by atoms with Crippen LogP contribution >= 0.6 is 11.6 Å². The summed E-state index contributed by atoms with van der Waals surface area (Å²) < 4.78 is 30.7. The number of benzene rings is 1. The maximum absolute atomic E-state index is 11.7. The molecule has 0 heterocycles. The molecule has 0 bridgehead atoms. The van der Waals surface area contributed by atoms with Crippen molar-refractivity contribution >= 4 is 21.6 Å². The van der Waals surface area contributed by atoms with Crippen LogP contribution in [0.15, 0.2) is 40.8 Å². The van der Waals surface area contributed by atoms with Crippen molar-refractivity contribution in [3.63, 3.8) is 0 Å². The normalized spacial score (nSPS) is 11.1. The fraction of sp³-hybridized carbons (Fsp3) is 0.200. The van der Waals surface area contributed by atoms with Gasteiger partial charge in [0.1, 0.15) is 5.75 Å². The van der Waals surface area contributed by atoms with Gasteiger partial charge in [0.15, 0.2) is 0 Å². The molecule has 4 nitrogen and oxygen atoms in total. The zero-order valence-corrected chi connectivity index (χ0v) is 10.3. The lowest BCUT2D eigenvalue weighted by molar-refractivity contribution is 0.413. The van der Waals surface area contributed by atoms with Gasteiger partial charge in [-0.3, -0.25) is 0 Å². The Morgan fingerprint density at radius 2 is 2.25 bits per heavy atom. The summed E-state index contributed by atoms with van der Waals surface area (Å²) in [6.07, 6.45) is 0. The molecule has 0 saturated carbocycles. The molecule has 0 spiro atoms. The van der Waals surface area contributed by atoms with Gasteiger partial charge in [-0.05, 0) is 12.1 Å². The molecule has 0 atom stereocenters. The Hall–Kier alpha value is -1.04. The van der Waals surface area contributed by atoms with Crippen LogP contribution in [0.5, 0.6) is 5.75 Å². The largest absolute Gasteiger partial charge is 0.497 e. The monoisotopic (exact) mass is 261 g/mol. The van der Waals surface area contributed by atoms with Crippen molar-refractivity contribution in [2.75, 3.05) is 13.7 Å². The van der Waals surface area contributed by atoms with Crippen LogP contribution in [0.4, 0.5) is 0 Å². The first kappa shape index (κ1) is 13.0. The maximum Gasteiger partial charge on any atom is 0.241 e. The van der Waals surface area contributed by atoms with Crippen molar-refractivity contribution < 1.29 is 13.2 Å². The SMILES string of the molecule is C=C(Cl)CNS(=O)(=O)c1cccc(OC)c1. The summed E-state index contributed by atoms with van der Waals surface area (Å²) in [5.74, 6) is 0.479. The molecule has 0 unspecified atom stereocenters. The van der Waals surface area contributed by atoms with E-state index in [0.717, 1.165) is 0 Å². The lowest BCUT2D eigenvalue weighted by atomic mass is 10.3. The lowest BCUT2D eigenvalue weighted by Crippen LogP contribution is -2.24. The first-order valence-corrected chi connectivity index (χ1v) is 6.29. The fourth-order valence-electron chi connectivity index (χ4n) is 1.02. The summed E-state index contributed by atoms with van der Waals surface area (Å²) in [6.45, 7) is 3.40. The molecule has 1 rings (SSSR count). The molecule has 0 radical (unpaired) electrons. The Morgan fingerprint density at radius 1 is 1.56 bits per heavy atom. The quantitative estimate of drug-likeness (QED) is 0.878. The van der Waals surface area contributed by atoms with E-state index in [9.17, 15) is 8.42 Å². The van der Waals surface area contributed by atoms with E-state index < -0.39 is 10.0 Å². The van der Waals surface area contributed by atoms with Crippen LogP contribution < -0.4 is 9.46 Å². The fourth-order valence-corrected chi connectivity index (χ4v) is 2.23. The van der Waals surface area contributed by atoms with E-state index in [1.807, 2.05) is 0 Å². The standard InChI is InChI=1S/C10H12ClNO3S/c1-8(11)7-12-16(13,14)10-5-3-4-9(6-10)15-2/h3-6,12H,1,7H2,2H3. The molecule has 0 amide bonds. The van der Waals surface area contributed by atoms with E-state index in [4.69, 9.17) is 16.3 Å². The number of nitrogens with one attached hydrogen (secondary N) is 1. The Labute approximate surface area is 99.9 Å². The van der Waals surface area contributed by atoms with E-state index in [-0.39, 0.29) is 16.5 Å². The summed E-state index contributed by atoms with van der Waals surface area (Å²) in [4.78, 5) is 0.129. The predicted molar refractivity (Wildman–Crippen MR) is 63.2 cm³/mol. The van der Waals surface area contributed by atoms with E-state index in [0.29, 0.717) is 5.75 Å². The maximum atomic E-state index is 11.7. The third kappa shape index (κ3) is 3.52. The number of hydrogen-bond acceptors (Lipinski definition) is 3. The van der Waals surface area contributed by atoms with E-state index in [2.05, 4.69) is 11.3 Å². The Bertz CT molecular complexity index is 485. The molecule has 16 heavy (non-hydrogen) atoms. The molecule has 1 aromatic rings. The van der Waals surface area contributed by atoms with Gasteiger partial charge >= 0.3 is 0 Å². The van der Waals surface area contributed by atoms with Crippen LogP contribution in [-0.4, -0.2) is 22.1 Å². The van der Waals surface area contributed by atoms with Crippen molar-refractivity contribution in [3.8, 4) is 5.75 Å². The zero-order valence-electron chi connectivity index (χ0n) is 8.73. The van der Waals surface area contributed by atoms with Gasteiger partial charge in [-0.15, -0.1) is 0 Å². The Kier molecular flexibility index (Phi) is 4.35. The second kappa shape index (κ2) is 5.34. The molecule has 88 valence electrons. The Balaban J connectivity index is 2.93. The number of methoxy groups -OCH3 is 1. The van der Waals surface area contributed by atoms with Crippen molar-refractivity contribution in [2.45, 2.75) is 4.90 Å². The van der Waals surface area contributed by atoms with Crippen LogP contribution in [0.3, 0.4) is 0 Å². The first-order chi connectivity index (χ1) is 7.45. The van der Waals surface area contributed by atoms with Gasteiger partial charge in [-0.25, -0.2) is 13.1 Å². The smallest absolute Gasteiger partial charge is 0.241 e. The van der Waals surface area contributed by atoms with Crippen LogP contribution in [0.1, 0.15) is 0 Å². The average Bonchev–Trinajstić information content (AvgIpc) is 2.27. The van der Waals surface area contributed by atoms with Gasteiger partial charge in [-0.1, -0.05) is 24.2 Å². The minimum absolute atomic E-state index is 0.00109. The van der Waals surface area contributed by atoms with Gasteiger partial charge in [-0.2, -0.15) is 0 Å². The molecule has 0 aliphatic rings. The van der Waals surface area contributed by atoms with Gasteiger partial charge in [0.2, 0.25) is 10.0 Å². The van der Waals surface area contributed by atoms with E-state index in [1.165, 1.54) is 19.2 Å². The van der Waals surface area contributed by atoms with Crippen molar-refractivity contribution in [2.24, 2.45) is 0 Å². The molecule has 0 saturated heterocycles. The van der Waals surface area contributed by atoms with Crippen LogP contribution in [0, 0.1) is 0 Å². The van der Waals surface area contributed by atoms with Crippen molar-refractivity contribution in [1.29, 1.82) is 0 Å². The van der Waals surface area contributed by atoms with Gasteiger partial charge in [0.05, 0.1) is 12.0 Å². The highest BCUT2D eigenvalue weighted by Crippen LogP contribution is 2.16. The molecule has 0 aliphatic carbocycles. The highest BCUT2D eigenvalue weighted by Gasteiger charge is 2.13. The molecule has 0 aromatic heterocycles. The lowest BCUT2D eigenvalue weighted by Gasteiger charge is -2.07. The van der Waals surface area contributed by atoms with Crippen LogP contribution in [0.25, 0.3) is 0 Å². The number of sulfonamides is 1. The number of hydrogen-bond donors (Lipinski definition) is 1.